The Morgan fingerprint density at radius 1 is 0.750 bits per heavy atom. The number of aliphatic hydroxyl groups is 5. The molecule has 0 saturated carbocycles. The number of hydrogen-bond acceptors (Lipinski definition) is 12. The van der Waals surface area contributed by atoms with Crippen molar-refractivity contribution in [2.24, 2.45) is 0 Å². The number of aromatic nitrogens is 3. The van der Waals surface area contributed by atoms with Crippen molar-refractivity contribution in [2.75, 3.05) is 55.5 Å². The number of nitrogens with zero attached hydrogens (tertiary/aromatic N) is 6. The van der Waals surface area contributed by atoms with E-state index in [1.807, 2.05) is 0 Å². The maximum atomic E-state index is 9.65. The minimum atomic E-state index is -0.989. The third-order valence-corrected chi connectivity index (χ3v) is 3.38. The zero-order valence-corrected chi connectivity index (χ0v) is 13.9. The van der Waals surface area contributed by atoms with Crippen LogP contribution in [0, 0.1) is 0 Å². The molecule has 0 aliphatic rings. The zero-order valence-electron chi connectivity index (χ0n) is 13.9. The highest BCUT2D eigenvalue weighted by atomic mass is 16.5. The summed E-state index contributed by atoms with van der Waals surface area (Å²) in [6, 6.07) is 0. The molecular formula is C12H24N6O6. The molecule has 1 heterocycles. The van der Waals surface area contributed by atoms with Crippen LogP contribution in [0.25, 0.3) is 0 Å². The van der Waals surface area contributed by atoms with E-state index in [0.717, 1.165) is 9.80 Å². The van der Waals surface area contributed by atoms with Crippen molar-refractivity contribution in [3.8, 4) is 0 Å². The summed E-state index contributed by atoms with van der Waals surface area (Å²) >= 11 is 0. The van der Waals surface area contributed by atoms with E-state index in [-0.39, 0.29) is 17.8 Å². The number of anilines is 3. The van der Waals surface area contributed by atoms with Crippen LogP contribution in [-0.2, 0) is 4.74 Å². The Hall–Kier alpha value is -1.83. The molecular weight excluding hydrogens is 324 g/mol. The molecule has 0 spiro atoms. The van der Waals surface area contributed by atoms with Gasteiger partial charge >= 0.3 is 0 Å². The number of ether oxygens (including phenoxy) is 1. The van der Waals surface area contributed by atoms with E-state index in [9.17, 15) is 25.5 Å². The maximum Gasteiger partial charge on any atom is 0.236 e. The lowest BCUT2D eigenvalue weighted by Gasteiger charge is -2.36. The van der Waals surface area contributed by atoms with E-state index in [1.54, 1.807) is 13.8 Å². The average Bonchev–Trinajstić information content (AvgIpc) is 2.57. The van der Waals surface area contributed by atoms with Crippen molar-refractivity contribution >= 4 is 17.8 Å². The molecule has 12 heteroatoms. The molecule has 24 heavy (non-hydrogen) atoms. The maximum absolute atomic E-state index is 9.65. The smallest absolute Gasteiger partial charge is 0.236 e. The van der Waals surface area contributed by atoms with Gasteiger partial charge in [-0.1, -0.05) is 0 Å². The summed E-state index contributed by atoms with van der Waals surface area (Å²) < 4.78 is 5.29. The molecule has 0 fully saturated rings. The number of hydrogen-bond donors (Lipinski definition) is 5. The van der Waals surface area contributed by atoms with Crippen LogP contribution in [-0.4, -0.2) is 87.0 Å². The summed E-state index contributed by atoms with van der Waals surface area (Å²) in [7, 11) is 1.44. The molecule has 0 aromatic carbocycles. The van der Waals surface area contributed by atoms with Crippen molar-refractivity contribution in [1.82, 2.24) is 15.0 Å². The summed E-state index contributed by atoms with van der Waals surface area (Å²) in [5.74, 6) is -0.266. The number of methoxy groups -OCH3 is 1. The van der Waals surface area contributed by atoms with Crippen molar-refractivity contribution in [3.63, 3.8) is 0 Å². The van der Waals surface area contributed by atoms with E-state index in [2.05, 4.69) is 15.0 Å². The lowest BCUT2D eigenvalue weighted by atomic mass is 10.3. The molecule has 5 N–H and O–H groups in total. The van der Waals surface area contributed by atoms with Crippen LogP contribution in [0.15, 0.2) is 0 Å². The fourth-order valence-corrected chi connectivity index (χ4v) is 1.67. The number of aliphatic hydroxyl groups excluding tert-OH is 5. The molecule has 1 aromatic rings. The first-order valence-electron chi connectivity index (χ1n) is 7.01. The Bertz CT molecular complexity index is 481. The predicted octanol–water partition coefficient (Wildman–Crippen LogP) is -2.58. The average molecular weight is 348 g/mol. The monoisotopic (exact) mass is 348 g/mol. The first-order chi connectivity index (χ1) is 11.4. The van der Waals surface area contributed by atoms with Crippen LogP contribution >= 0.6 is 0 Å². The molecule has 1 rings (SSSR count). The van der Waals surface area contributed by atoms with Gasteiger partial charge in [0.1, 0.15) is 39.4 Å². The van der Waals surface area contributed by atoms with Gasteiger partial charge in [0.25, 0.3) is 0 Å². The largest absolute Gasteiger partial charge is 0.376 e. The van der Waals surface area contributed by atoms with Crippen LogP contribution in [0.3, 0.4) is 0 Å². The highest BCUT2D eigenvalue weighted by Crippen LogP contribution is 2.24. The Morgan fingerprint density at radius 2 is 1.12 bits per heavy atom. The molecule has 0 aliphatic heterocycles. The van der Waals surface area contributed by atoms with Crippen molar-refractivity contribution < 1.29 is 30.3 Å². The Balaban J connectivity index is 3.47. The Morgan fingerprint density at radius 3 is 1.42 bits per heavy atom. The SMILES string of the molecule is COC(C)(C)N(CO)c1nc(N(CO)CO)nc(N(CO)CO)n1. The van der Waals surface area contributed by atoms with Crippen LogP contribution in [0.4, 0.5) is 17.8 Å². The lowest BCUT2D eigenvalue weighted by Crippen LogP contribution is -2.47. The molecule has 0 atom stereocenters. The summed E-state index contributed by atoms with van der Waals surface area (Å²) in [6.45, 7) is 0.514. The van der Waals surface area contributed by atoms with E-state index < -0.39 is 39.4 Å². The first kappa shape index (κ1) is 20.2. The van der Waals surface area contributed by atoms with Gasteiger partial charge in [-0.2, -0.15) is 15.0 Å². The Kier molecular flexibility index (Phi) is 7.47. The molecule has 138 valence electrons. The quantitative estimate of drug-likeness (QED) is 0.282. The fraction of sp³-hybridized carbons (Fsp3) is 0.750. The predicted molar refractivity (Wildman–Crippen MR) is 83.8 cm³/mol. The standard InChI is InChI=1S/C12H24N6O6/c1-12(2,24-3)18(8-23)11-14-9(16(4-19)5-20)13-10(15-11)17(6-21)7-22/h19-23H,4-8H2,1-3H3. The second kappa shape index (κ2) is 8.86. The first-order valence-corrected chi connectivity index (χ1v) is 7.01. The van der Waals surface area contributed by atoms with Crippen LogP contribution in [0.1, 0.15) is 13.8 Å². The molecule has 0 bridgehead atoms. The molecule has 0 amide bonds. The van der Waals surface area contributed by atoms with Gasteiger partial charge < -0.3 is 30.3 Å². The third-order valence-electron chi connectivity index (χ3n) is 3.38. The zero-order chi connectivity index (χ0) is 18.3. The van der Waals surface area contributed by atoms with Gasteiger partial charge in [0, 0.05) is 7.11 Å². The summed E-state index contributed by atoms with van der Waals surface area (Å²) in [5, 5.41) is 46.8. The molecule has 12 nitrogen and oxygen atoms in total. The highest BCUT2D eigenvalue weighted by Gasteiger charge is 2.30. The molecule has 1 aromatic heterocycles. The van der Waals surface area contributed by atoms with Gasteiger partial charge in [-0.25, -0.2) is 0 Å². The summed E-state index contributed by atoms with van der Waals surface area (Å²) in [5.41, 5.74) is -0.989. The van der Waals surface area contributed by atoms with Crippen LogP contribution in [0.5, 0.6) is 0 Å². The van der Waals surface area contributed by atoms with Crippen molar-refractivity contribution in [1.29, 1.82) is 0 Å². The fourth-order valence-electron chi connectivity index (χ4n) is 1.67. The van der Waals surface area contributed by atoms with E-state index in [4.69, 9.17) is 4.74 Å². The van der Waals surface area contributed by atoms with Crippen LogP contribution in [0.2, 0.25) is 0 Å². The molecule has 0 unspecified atom stereocenters. The summed E-state index contributed by atoms with van der Waals surface area (Å²) in [6.07, 6.45) is 0. The highest BCUT2D eigenvalue weighted by molar-refractivity contribution is 5.46. The minimum absolute atomic E-state index is 0.0387. The second-order valence-corrected chi connectivity index (χ2v) is 5.10. The van der Waals surface area contributed by atoms with Gasteiger partial charge in [-0.3, -0.25) is 14.7 Å². The number of rotatable bonds is 10. The van der Waals surface area contributed by atoms with E-state index in [1.165, 1.54) is 12.0 Å². The van der Waals surface area contributed by atoms with E-state index in [0.29, 0.717) is 0 Å². The van der Waals surface area contributed by atoms with Crippen molar-refractivity contribution in [3.05, 3.63) is 0 Å². The van der Waals surface area contributed by atoms with Gasteiger partial charge in [-0.05, 0) is 13.8 Å². The summed E-state index contributed by atoms with van der Waals surface area (Å²) in [4.78, 5) is 15.5. The molecule has 0 radical (unpaired) electrons. The van der Waals surface area contributed by atoms with Gasteiger partial charge in [0.15, 0.2) is 0 Å². The van der Waals surface area contributed by atoms with E-state index >= 15 is 0 Å². The second-order valence-electron chi connectivity index (χ2n) is 5.10. The lowest BCUT2D eigenvalue weighted by molar-refractivity contribution is 0.00439. The Labute approximate surface area is 139 Å². The van der Waals surface area contributed by atoms with Crippen molar-refractivity contribution in [2.45, 2.75) is 19.6 Å². The molecule has 0 aliphatic carbocycles. The van der Waals surface area contributed by atoms with Gasteiger partial charge in [0.2, 0.25) is 17.8 Å². The minimum Gasteiger partial charge on any atom is -0.376 e. The third kappa shape index (κ3) is 4.37. The van der Waals surface area contributed by atoms with Gasteiger partial charge in [-0.15, -0.1) is 0 Å². The normalized spacial score (nSPS) is 11.5. The van der Waals surface area contributed by atoms with Crippen LogP contribution < -0.4 is 14.7 Å². The van der Waals surface area contributed by atoms with Gasteiger partial charge in [0.05, 0.1) is 0 Å². The topological polar surface area (TPSA) is 159 Å². The molecule has 0 saturated heterocycles.